The average molecular weight is 296 g/mol. The summed E-state index contributed by atoms with van der Waals surface area (Å²) in [6.07, 6.45) is 4.51. The molecule has 110 valence electrons. The van der Waals surface area contributed by atoms with E-state index in [0.717, 1.165) is 31.4 Å². The van der Waals surface area contributed by atoms with Gasteiger partial charge in [0, 0.05) is 19.1 Å². The van der Waals surface area contributed by atoms with Crippen LogP contribution in [0.25, 0.3) is 0 Å². The highest BCUT2D eigenvalue weighted by molar-refractivity contribution is 6.34. The molecule has 1 amide bonds. The number of carbonyl (C=O) groups is 1. The van der Waals surface area contributed by atoms with Gasteiger partial charge in [0.15, 0.2) is 0 Å². The molecule has 1 fully saturated rings. The van der Waals surface area contributed by atoms with Crippen LogP contribution < -0.4 is 16.0 Å². The van der Waals surface area contributed by atoms with Gasteiger partial charge in [-0.2, -0.15) is 0 Å². The van der Waals surface area contributed by atoms with Gasteiger partial charge in [-0.15, -0.1) is 0 Å². The van der Waals surface area contributed by atoms with Gasteiger partial charge in [-0.05, 0) is 44.9 Å². The Hall–Kier alpha value is -1.26. The normalized spacial score (nSPS) is 22.6. The van der Waals surface area contributed by atoms with E-state index in [0.29, 0.717) is 22.7 Å². The first-order chi connectivity index (χ1) is 9.54. The van der Waals surface area contributed by atoms with Gasteiger partial charge in [-0.1, -0.05) is 17.7 Å². The minimum absolute atomic E-state index is 0.422. The van der Waals surface area contributed by atoms with Crippen LogP contribution in [0.3, 0.4) is 0 Å². The van der Waals surface area contributed by atoms with Crippen molar-refractivity contribution < 1.29 is 4.79 Å². The fraction of sp³-hybridized carbons (Fsp3) is 0.533. The highest BCUT2D eigenvalue weighted by atomic mass is 35.5. The number of rotatable bonds is 4. The number of amides is 1. The first-order valence-electron chi connectivity index (χ1n) is 7.03. The number of nitrogens with zero attached hydrogens (tertiary/aromatic N) is 1. The van der Waals surface area contributed by atoms with Gasteiger partial charge in [0.2, 0.25) is 0 Å². The van der Waals surface area contributed by atoms with Gasteiger partial charge in [-0.3, -0.25) is 4.79 Å². The topological polar surface area (TPSA) is 58.4 Å². The zero-order chi connectivity index (χ0) is 14.7. The van der Waals surface area contributed by atoms with E-state index >= 15 is 0 Å². The molecule has 0 atom stereocenters. The molecule has 0 aliphatic heterocycles. The van der Waals surface area contributed by atoms with Crippen LogP contribution >= 0.6 is 11.6 Å². The molecule has 1 aliphatic rings. The van der Waals surface area contributed by atoms with E-state index in [4.69, 9.17) is 17.3 Å². The Morgan fingerprint density at radius 1 is 1.35 bits per heavy atom. The Morgan fingerprint density at radius 2 is 2.00 bits per heavy atom. The second-order valence-corrected chi connectivity index (χ2v) is 5.81. The Labute approximate surface area is 125 Å². The third-order valence-corrected chi connectivity index (χ3v) is 4.59. The standard InChI is InChI=1S/C15H22ClN3O/c1-18-10-6-8-11(9-7-10)19(2)13-5-3-4-12(16)14(13)15(17)20/h3-5,10-11,18H,6-9H2,1-2H3,(H2,17,20). The average Bonchev–Trinajstić information content (AvgIpc) is 2.46. The molecule has 5 heteroatoms. The Bertz CT molecular complexity index is 484. The fourth-order valence-electron chi connectivity index (χ4n) is 3.00. The maximum atomic E-state index is 11.6. The summed E-state index contributed by atoms with van der Waals surface area (Å²) in [6.45, 7) is 0. The van der Waals surface area contributed by atoms with Crippen LogP contribution in [0.5, 0.6) is 0 Å². The monoisotopic (exact) mass is 295 g/mol. The highest BCUT2D eigenvalue weighted by Crippen LogP contribution is 2.31. The summed E-state index contributed by atoms with van der Waals surface area (Å²) in [5, 5.41) is 3.75. The molecule has 1 saturated carbocycles. The SMILES string of the molecule is CNC1CCC(N(C)c2cccc(Cl)c2C(N)=O)CC1. The third kappa shape index (κ3) is 3.07. The molecule has 1 aromatic rings. The summed E-state index contributed by atoms with van der Waals surface area (Å²) in [5.41, 5.74) is 6.72. The minimum Gasteiger partial charge on any atom is -0.371 e. The number of hydrogen-bond donors (Lipinski definition) is 2. The summed E-state index contributed by atoms with van der Waals surface area (Å²) in [6, 6.07) is 6.51. The number of primary amides is 1. The molecular formula is C15H22ClN3O. The molecule has 1 aromatic carbocycles. The second kappa shape index (κ2) is 6.46. The molecule has 0 unspecified atom stereocenters. The zero-order valence-corrected chi connectivity index (χ0v) is 12.8. The van der Waals surface area contributed by atoms with Crippen LogP contribution in [0.15, 0.2) is 18.2 Å². The summed E-state index contributed by atoms with van der Waals surface area (Å²) in [5.74, 6) is -0.471. The summed E-state index contributed by atoms with van der Waals surface area (Å²) in [7, 11) is 4.03. The largest absolute Gasteiger partial charge is 0.371 e. The Morgan fingerprint density at radius 3 is 2.55 bits per heavy atom. The van der Waals surface area contributed by atoms with Gasteiger partial charge in [0.05, 0.1) is 16.3 Å². The van der Waals surface area contributed by atoms with E-state index in [9.17, 15) is 4.79 Å². The third-order valence-electron chi connectivity index (χ3n) is 4.27. The van der Waals surface area contributed by atoms with Gasteiger partial charge < -0.3 is 16.0 Å². The molecule has 0 bridgehead atoms. The summed E-state index contributed by atoms with van der Waals surface area (Å²) in [4.78, 5) is 13.8. The van der Waals surface area contributed by atoms with E-state index in [1.807, 2.05) is 26.2 Å². The van der Waals surface area contributed by atoms with E-state index in [2.05, 4.69) is 10.2 Å². The molecule has 0 radical (unpaired) electrons. The molecule has 2 rings (SSSR count). The van der Waals surface area contributed by atoms with Crippen LogP contribution in [0.1, 0.15) is 36.0 Å². The van der Waals surface area contributed by atoms with E-state index < -0.39 is 5.91 Å². The van der Waals surface area contributed by atoms with Crippen molar-refractivity contribution in [2.45, 2.75) is 37.8 Å². The van der Waals surface area contributed by atoms with Crippen molar-refractivity contribution >= 4 is 23.2 Å². The molecule has 0 spiro atoms. The van der Waals surface area contributed by atoms with Crippen LogP contribution in [-0.2, 0) is 0 Å². The predicted molar refractivity (Wildman–Crippen MR) is 83.5 cm³/mol. The lowest BCUT2D eigenvalue weighted by molar-refractivity contribution is 0.100. The molecular weight excluding hydrogens is 274 g/mol. The van der Waals surface area contributed by atoms with Crippen molar-refractivity contribution in [2.75, 3.05) is 19.0 Å². The number of nitrogens with one attached hydrogen (secondary N) is 1. The Balaban J connectivity index is 2.20. The van der Waals surface area contributed by atoms with Crippen LogP contribution in [0.4, 0.5) is 5.69 Å². The summed E-state index contributed by atoms with van der Waals surface area (Å²) >= 11 is 6.12. The minimum atomic E-state index is -0.471. The molecule has 0 aromatic heterocycles. The van der Waals surface area contributed by atoms with Crippen molar-refractivity contribution in [3.63, 3.8) is 0 Å². The van der Waals surface area contributed by atoms with Gasteiger partial charge in [-0.25, -0.2) is 0 Å². The quantitative estimate of drug-likeness (QED) is 0.897. The number of halogens is 1. The predicted octanol–water partition coefficient (Wildman–Crippen LogP) is 2.41. The van der Waals surface area contributed by atoms with Crippen molar-refractivity contribution in [3.8, 4) is 0 Å². The smallest absolute Gasteiger partial charge is 0.252 e. The van der Waals surface area contributed by atoms with Gasteiger partial charge in [0.25, 0.3) is 5.91 Å². The summed E-state index contributed by atoms with van der Waals surface area (Å²) < 4.78 is 0. The van der Waals surface area contributed by atoms with Gasteiger partial charge in [0.1, 0.15) is 0 Å². The molecule has 1 aliphatic carbocycles. The number of benzene rings is 1. The zero-order valence-electron chi connectivity index (χ0n) is 12.0. The lowest BCUT2D eigenvalue weighted by Crippen LogP contribution is -2.40. The van der Waals surface area contributed by atoms with E-state index in [-0.39, 0.29) is 0 Å². The fourth-order valence-corrected chi connectivity index (χ4v) is 3.26. The van der Waals surface area contributed by atoms with E-state index in [1.165, 1.54) is 0 Å². The van der Waals surface area contributed by atoms with Crippen LogP contribution in [0, 0.1) is 0 Å². The van der Waals surface area contributed by atoms with Crippen molar-refractivity contribution in [2.24, 2.45) is 5.73 Å². The van der Waals surface area contributed by atoms with Crippen molar-refractivity contribution in [3.05, 3.63) is 28.8 Å². The second-order valence-electron chi connectivity index (χ2n) is 5.40. The van der Waals surface area contributed by atoms with Crippen LogP contribution in [-0.4, -0.2) is 32.1 Å². The maximum Gasteiger partial charge on any atom is 0.252 e. The molecule has 3 N–H and O–H groups in total. The number of carbonyl (C=O) groups excluding carboxylic acids is 1. The lowest BCUT2D eigenvalue weighted by atomic mass is 9.90. The van der Waals surface area contributed by atoms with Crippen molar-refractivity contribution in [1.82, 2.24) is 5.32 Å². The maximum absolute atomic E-state index is 11.6. The molecule has 4 nitrogen and oxygen atoms in total. The number of nitrogens with two attached hydrogens (primary N) is 1. The first kappa shape index (κ1) is 15.1. The Kier molecular flexibility index (Phi) is 4.89. The lowest BCUT2D eigenvalue weighted by Gasteiger charge is -2.36. The molecule has 20 heavy (non-hydrogen) atoms. The first-order valence-corrected chi connectivity index (χ1v) is 7.40. The highest BCUT2D eigenvalue weighted by Gasteiger charge is 2.25. The molecule has 0 heterocycles. The van der Waals surface area contributed by atoms with Crippen LogP contribution in [0.2, 0.25) is 5.02 Å². The van der Waals surface area contributed by atoms with Gasteiger partial charge >= 0.3 is 0 Å². The van der Waals surface area contributed by atoms with Crippen molar-refractivity contribution in [1.29, 1.82) is 0 Å². The molecule has 0 saturated heterocycles. The van der Waals surface area contributed by atoms with E-state index in [1.54, 1.807) is 6.07 Å². The number of hydrogen-bond acceptors (Lipinski definition) is 3. The number of anilines is 1.